The van der Waals surface area contributed by atoms with Gasteiger partial charge in [-0.05, 0) is 37.1 Å². The molecule has 1 heterocycles. The lowest BCUT2D eigenvalue weighted by atomic mass is 10.1. The van der Waals surface area contributed by atoms with Crippen LogP contribution in [-0.2, 0) is 13.0 Å². The minimum absolute atomic E-state index is 0. The van der Waals surface area contributed by atoms with Crippen LogP contribution in [0, 0.1) is 6.92 Å². The molecule has 1 aromatic carbocycles. The van der Waals surface area contributed by atoms with E-state index in [0.29, 0.717) is 24.8 Å². The van der Waals surface area contributed by atoms with E-state index in [1.165, 1.54) is 5.56 Å². The Bertz CT molecular complexity index is 759. The molecule has 0 spiro atoms. The number of rotatable bonds is 7. The molecule has 0 saturated heterocycles. The van der Waals surface area contributed by atoms with Crippen molar-refractivity contribution >= 4 is 35.8 Å². The Morgan fingerprint density at radius 1 is 1.27 bits per heavy atom. The molecule has 0 aliphatic heterocycles. The van der Waals surface area contributed by atoms with Crippen LogP contribution in [0.1, 0.15) is 27.4 Å². The van der Waals surface area contributed by atoms with E-state index in [1.807, 2.05) is 12.1 Å². The first-order valence-electron chi connectivity index (χ1n) is 8.00. The number of furan rings is 1. The molecule has 1 amide bonds. The van der Waals surface area contributed by atoms with E-state index in [4.69, 9.17) is 14.9 Å². The fraction of sp³-hybridized carbons (Fsp3) is 0.333. The molecule has 0 saturated carbocycles. The second-order valence-electron chi connectivity index (χ2n) is 5.55. The second kappa shape index (κ2) is 10.7. The second-order valence-corrected chi connectivity index (χ2v) is 5.55. The normalized spacial score (nSPS) is 10.8. The lowest BCUT2D eigenvalue weighted by molar-refractivity contribution is 0.0972. The van der Waals surface area contributed by atoms with E-state index in [-0.39, 0.29) is 29.7 Å². The van der Waals surface area contributed by atoms with Crippen molar-refractivity contribution in [2.45, 2.75) is 19.9 Å². The highest BCUT2D eigenvalue weighted by molar-refractivity contribution is 14.0. The zero-order valence-electron chi connectivity index (χ0n) is 15.2. The summed E-state index contributed by atoms with van der Waals surface area (Å²) in [5.41, 5.74) is 7.50. The number of hydrogen-bond acceptors (Lipinski definition) is 4. The van der Waals surface area contributed by atoms with Gasteiger partial charge in [-0.15, -0.1) is 24.0 Å². The summed E-state index contributed by atoms with van der Waals surface area (Å²) in [5.74, 6) is 1.69. The third-order valence-electron chi connectivity index (χ3n) is 3.68. The van der Waals surface area contributed by atoms with Gasteiger partial charge >= 0.3 is 0 Å². The van der Waals surface area contributed by atoms with Crippen molar-refractivity contribution in [3.8, 4) is 5.75 Å². The van der Waals surface area contributed by atoms with Gasteiger partial charge in [0, 0.05) is 13.6 Å². The molecule has 0 bridgehead atoms. The third kappa shape index (κ3) is 6.25. The van der Waals surface area contributed by atoms with Gasteiger partial charge < -0.3 is 25.5 Å². The lowest BCUT2D eigenvalue weighted by Gasteiger charge is -2.13. The van der Waals surface area contributed by atoms with Crippen LogP contribution in [0.4, 0.5) is 0 Å². The highest BCUT2D eigenvalue weighted by atomic mass is 127. The molecular formula is C18H25IN4O3. The largest absolute Gasteiger partial charge is 0.496 e. The Kier molecular flexibility index (Phi) is 8.97. The number of methoxy groups -OCH3 is 1. The molecule has 2 rings (SSSR count). The molecule has 4 N–H and O–H groups in total. The van der Waals surface area contributed by atoms with Crippen LogP contribution >= 0.6 is 24.0 Å². The van der Waals surface area contributed by atoms with Gasteiger partial charge in [-0.25, -0.2) is 0 Å². The Hall–Kier alpha value is -2.23. The summed E-state index contributed by atoms with van der Waals surface area (Å²) in [5, 5.41) is 6.36. The molecule has 8 heteroatoms. The Balaban J connectivity index is 0.00000338. The van der Waals surface area contributed by atoms with E-state index in [0.717, 1.165) is 17.7 Å². The maximum absolute atomic E-state index is 11.0. The average Bonchev–Trinajstić information content (AvgIpc) is 3.07. The van der Waals surface area contributed by atoms with Gasteiger partial charge in [-0.2, -0.15) is 0 Å². The monoisotopic (exact) mass is 472 g/mol. The van der Waals surface area contributed by atoms with Crippen LogP contribution in [0.15, 0.2) is 39.7 Å². The summed E-state index contributed by atoms with van der Waals surface area (Å²) in [6.07, 6.45) is 0.804. The fourth-order valence-electron chi connectivity index (χ4n) is 2.42. The van der Waals surface area contributed by atoms with E-state index >= 15 is 0 Å². The lowest BCUT2D eigenvalue weighted by Crippen LogP contribution is -2.37. The van der Waals surface area contributed by atoms with Crippen molar-refractivity contribution < 1.29 is 13.9 Å². The SMILES string of the molecule is CN=C(NCCc1cc(C)ccc1OC)NCc1ccc(C(N)=O)o1.I. The van der Waals surface area contributed by atoms with Gasteiger partial charge in [0.1, 0.15) is 11.5 Å². The maximum Gasteiger partial charge on any atom is 0.284 e. The summed E-state index contributed by atoms with van der Waals surface area (Å²) in [6, 6.07) is 9.38. The number of primary amides is 1. The summed E-state index contributed by atoms with van der Waals surface area (Å²) in [7, 11) is 3.37. The van der Waals surface area contributed by atoms with E-state index in [2.05, 4.69) is 28.6 Å². The number of nitrogens with zero attached hydrogens (tertiary/aromatic N) is 1. The van der Waals surface area contributed by atoms with Crippen LogP contribution in [0.3, 0.4) is 0 Å². The molecule has 0 fully saturated rings. The topological polar surface area (TPSA) is 102 Å². The molecule has 2 aromatic rings. The zero-order chi connectivity index (χ0) is 18.2. The molecule has 1 aromatic heterocycles. The fourth-order valence-corrected chi connectivity index (χ4v) is 2.42. The number of guanidine groups is 1. The first-order valence-corrected chi connectivity index (χ1v) is 8.00. The third-order valence-corrected chi connectivity index (χ3v) is 3.68. The smallest absolute Gasteiger partial charge is 0.284 e. The molecule has 0 atom stereocenters. The quantitative estimate of drug-likeness (QED) is 0.326. The number of aliphatic imine (C=N–C) groups is 1. The first-order chi connectivity index (χ1) is 12.0. The number of benzene rings is 1. The van der Waals surface area contributed by atoms with Crippen molar-refractivity contribution in [3.63, 3.8) is 0 Å². The molecule has 0 aliphatic rings. The molecule has 0 radical (unpaired) electrons. The Labute approximate surface area is 170 Å². The van der Waals surface area contributed by atoms with Crippen molar-refractivity contribution in [2.75, 3.05) is 20.7 Å². The van der Waals surface area contributed by atoms with Crippen LogP contribution in [0.25, 0.3) is 0 Å². The van der Waals surface area contributed by atoms with Gasteiger partial charge in [0.2, 0.25) is 0 Å². The summed E-state index contributed by atoms with van der Waals surface area (Å²) in [4.78, 5) is 15.2. The van der Waals surface area contributed by atoms with Crippen LogP contribution in [0.5, 0.6) is 5.75 Å². The van der Waals surface area contributed by atoms with Crippen molar-refractivity contribution in [3.05, 3.63) is 53.0 Å². The molecule has 0 unspecified atom stereocenters. The molecular weight excluding hydrogens is 447 g/mol. The van der Waals surface area contributed by atoms with Gasteiger partial charge in [-0.1, -0.05) is 17.7 Å². The van der Waals surface area contributed by atoms with Crippen molar-refractivity contribution in [1.82, 2.24) is 10.6 Å². The summed E-state index contributed by atoms with van der Waals surface area (Å²) >= 11 is 0. The summed E-state index contributed by atoms with van der Waals surface area (Å²) < 4.78 is 10.7. The number of amides is 1. The highest BCUT2D eigenvalue weighted by Crippen LogP contribution is 2.19. The number of ether oxygens (including phenoxy) is 1. The van der Waals surface area contributed by atoms with E-state index in [1.54, 1.807) is 26.3 Å². The van der Waals surface area contributed by atoms with Gasteiger partial charge in [0.15, 0.2) is 11.7 Å². The highest BCUT2D eigenvalue weighted by Gasteiger charge is 2.08. The predicted molar refractivity (Wildman–Crippen MR) is 112 cm³/mol. The zero-order valence-corrected chi connectivity index (χ0v) is 17.5. The van der Waals surface area contributed by atoms with Gasteiger partial charge in [0.05, 0.1) is 13.7 Å². The van der Waals surface area contributed by atoms with Crippen molar-refractivity contribution in [1.29, 1.82) is 0 Å². The average molecular weight is 472 g/mol. The number of carbonyl (C=O) groups is 1. The van der Waals surface area contributed by atoms with Crippen LogP contribution in [0.2, 0.25) is 0 Å². The standard InChI is InChI=1S/C18H24N4O3.HI/c1-12-4-6-15(24-3)13(10-12)8-9-21-18(20-2)22-11-14-5-7-16(25-14)17(19)23;/h4-7,10H,8-9,11H2,1-3H3,(H2,19,23)(H2,20,21,22);1H. The van der Waals surface area contributed by atoms with Crippen molar-refractivity contribution in [2.24, 2.45) is 10.7 Å². The number of halogens is 1. The number of hydrogen-bond donors (Lipinski definition) is 3. The summed E-state index contributed by atoms with van der Waals surface area (Å²) in [6.45, 7) is 3.16. The Morgan fingerprint density at radius 2 is 2.04 bits per heavy atom. The van der Waals surface area contributed by atoms with Gasteiger partial charge in [-0.3, -0.25) is 9.79 Å². The molecule has 7 nitrogen and oxygen atoms in total. The Morgan fingerprint density at radius 3 is 2.65 bits per heavy atom. The van der Waals surface area contributed by atoms with E-state index in [9.17, 15) is 4.79 Å². The number of aryl methyl sites for hydroxylation is 1. The molecule has 0 aliphatic carbocycles. The maximum atomic E-state index is 11.0. The minimum Gasteiger partial charge on any atom is -0.496 e. The molecule has 142 valence electrons. The van der Waals surface area contributed by atoms with Gasteiger partial charge in [0.25, 0.3) is 5.91 Å². The number of nitrogens with two attached hydrogens (primary N) is 1. The van der Waals surface area contributed by atoms with Crippen LogP contribution < -0.4 is 21.1 Å². The van der Waals surface area contributed by atoms with E-state index < -0.39 is 5.91 Å². The minimum atomic E-state index is -0.583. The first kappa shape index (κ1) is 21.8. The van der Waals surface area contributed by atoms with Crippen LogP contribution in [-0.4, -0.2) is 32.6 Å². The predicted octanol–water partition coefficient (Wildman–Crippen LogP) is 2.22. The molecule has 26 heavy (non-hydrogen) atoms. The number of carbonyl (C=O) groups excluding carboxylic acids is 1. The number of nitrogens with one attached hydrogen (secondary N) is 2.